The molecule has 0 aliphatic heterocycles. The van der Waals surface area contributed by atoms with Gasteiger partial charge in [0.25, 0.3) is 5.56 Å². The number of para-hydroxylation sites is 1. The zero-order valence-corrected chi connectivity index (χ0v) is 13.6. The van der Waals surface area contributed by atoms with Crippen LogP contribution in [0.4, 0.5) is 5.69 Å². The van der Waals surface area contributed by atoms with Gasteiger partial charge in [-0.2, -0.15) is 0 Å². The van der Waals surface area contributed by atoms with Crippen molar-refractivity contribution in [3.05, 3.63) is 57.3 Å². The van der Waals surface area contributed by atoms with Crippen molar-refractivity contribution in [2.75, 3.05) is 5.32 Å². The van der Waals surface area contributed by atoms with Crippen LogP contribution in [0.25, 0.3) is 0 Å². The summed E-state index contributed by atoms with van der Waals surface area (Å²) < 4.78 is 1.48. The van der Waals surface area contributed by atoms with Crippen molar-refractivity contribution in [2.24, 2.45) is 0 Å². The summed E-state index contributed by atoms with van der Waals surface area (Å²) in [6.45, 7) is 3.73. The van der Waals surface area contributed by atoms with Gasteiger partial charge >= 0.3 is 0 Å². The molecule has 120 valence electrons. The third-order valence-corrected chi connectivity index (χ3v) is 4.35. The van der Waals surface area contributed by atoms with E-state index < -0.39 is 0 Å². The summed E-state index contributed by atoms with van der Waals surface area (Å²) in [5.74, 6) is 0.401. The highest BCUT2D eigenvalue weighted by Gasteiger charge is 2.19. The van der Waals surface area contributed by atoms with Crippen molar-refractivity contribution in [1.82, 2.24) is 9.55 Å². The third-order valence-electron chi connectivity index (χ3n) is 4.35. The average molecular weight is 311 g/mol. The zero-order valence-electron chi connectivity index (χ0n) is 13.6. The summed E-state index contributed by atoms with van der Waals surface area (Å²) in [7, 11) is 0. The van der Waals surface area contributed by atoms with E-state index in [0.29, 0.717) is 5.82 Å². The number of carbonyl (C=O) groups is 1. The van der Waals surface area contributed by atoms with E-state index in [1.807, 2.05) is 31.2 Å². The monoisotopic (exact) mass is 311 g/mol. The summed E-state index contributed by atoms with van der Waals surface area (Å²) in [4.78, 5) is 29.5. The van der Waals surface area contributed by atoms with Gasteiger partial charge in [-0.25, -0.2) is 4.98 Å². The molecule has 2 aromatic rings. The van der Waals surface area contributed by atoms with E-state index >= 15 is 0 Å². The summed E-state index contributed by atoms with van der Waals surface area (Å²) in [6, 6.07) is 7.59. The maximum absolute atomic E-state index is 12.6. The Morgan fingerprint density at radius 2 is 1.96 bits per heavy atom. The highest BCUT2D eigenvalue weighted by molar-refractivity contribution is 5.91. The molecule has 0 saturated carbocycles. The van der Waals surface area contributed by atoms with Crippen LogP contribution in [0.15, 0.2) is 29.1 Å². The van der Waals surface area contributed by atoms with E-state index in [9.17, 15) is 9.59 Å². The Labute approximate surface area is 135 Å². The molecular weight excluding hydrogens is 290 g/mol. The number of nitrogens with zero attached hydrogens (tertiary/aromatic N) is 2. The quantitative estimate of drug-likeness (QED) is 0.946. The number of benzene rings is 1. The van der Waals surface area contributed by atoms with Gasteiger partial charge in [-0.05, 0) is 51.2 Å². The molecule has 0 spiro atoms. The lowest BCUT2D eigenvalue weighted by Gasteiger charge is -2.18. The number of hydrogen-bond acceptors (Lipinski definition) is 3. The van der Waals surface area contributed by atoms with Gasteiger partial charge in [0.05, 0.1) is 5.69 Å². The Morgan fingerprint density at radius 3 is 2.74 bits per heavy atom. The van der Waals surface area contributed by atoms with Gasteiger partial charge in [0.1, 0.15) is 12.4 Å². The first-order valence-electron chi connectivity index (χ1n) is 8.01. The first-order valence-corrected chi connectivity index (χ1v) is 8.01. The molecule has 5 heteroatoms. The van der Waals surface area contributed by atoms with Crippen molar-refractivity contribution in [1.29, 1.82) is 0 Å². The maximum atomic E-state index is 12.6. The van der Waals surface area contributed by atoms with Crippen molar-refractivity contribution in [3.63, 3.8) is 0 Å². The standard InChI is InChI=1S/C18H21N3O2/c1-12-7-3-5-9-15(12)20-17(22)11-21-13(2)19-16-10-6-4-8-14(16)18(21)23/h3,5,7,9H,4,6,8,10-11H2,1-2H3,(H,20,22). The van der Waals surface area contributed by atoms with Gasteiger partial charge in [-0.15, -0.1) is 0 Å². The normalized spacial score (nSPS) is 13.5. The van der Waals surface area contributed by atoms with Crippen molar-refractivity contribution >= 4 is 11.6 Å². The number of amides is 1. The van der Waals surface area contributed by atoms with Crippen LogP contribution in [0.5, 0.6) is 0 Å². The van der Waals surface area contributed by atoms with Crippen LogP contribution in [-0.2, 0) is 24.2 Å². The number of aromatic nitrogens is 2. The minimum Gasteiger partial charge on any atom is -0.324 e. The SMILES string of the molecule is Cc1ccccc1NC(=O)Cn1c(C)nc2c(c1=O)CCCC2. The third kappa shape index (κ3) is 3.18. The molecule has 0 radical (unpaired) electrons. The van der Waals surface area contributed by atoms with Crippen molar-refractivity contribution < 1.29 is 4.79 Å². The Hall–Kier alpha value is -2.43. The largest absolute Gasteiger partial charge is 0.324 e. The summed E-state index contributed by atoms with van der Waals surface area (Å²) in [6.07, 6.45) is 3.72. The Balaban J connectivity index is 1.84. The smallest absolute Gasteiger partial charge is 0.257 e. The Morgan fingerprint density at radius 1 is 1.22 bits per heavy atom. The number of fused-ring (bicyclic) bond motifs is 1. The topological polar surface area (TPSA) is 64.0 Å². The Kier molecular flexibility index (Phi) is 4.28. The van der Waals surface area contributed by atoms with Gasteiger partial charge in [0.2, 0.25) is 5.91 Å². The van der Waals surface area contributed by atoms with E-state index in [1.54, 1.807) is 6.92 Å². The number of aryl methyl sites for hydroxylation is 3. The molecule has 1 heterocycles. The fourth-order valence-corrected chi connectivity index (χ4v) is 3.04. The van der Waals surface area contributed by atoms with Crippen molar-refractivity contribution in [2.45, 2.75) is 46.1 Å². The lowest BCUT2D eigenvalue weighted by molar-refractivity contribution is -0.116. The molecule has 5 nitrogen and oxygen atoms in total. The highest BCUT2D eigenvalue weighted by atomic mass is 16.2. The fourth-order valence-electron chi connectivity index (χ4n) is 3.04. The molecule has 0 unspecified atom stereocenters. The molecule has 0 bridgehead atoms. The fraction of sp³-hybridized carbons (Fsp3) is 0.389. The number of rotatable bonds is 3. The summed E-state index contributed by atoms with van der Waals surface area (Å²) in [5.41, 5.74) is 3.40. The zero-order chi connectivity index (χ0) is 16.4. The van der Waals surface area contributed by atoms with Crippen molar-refractivity contribution in [3.8, 4) is 0 Å². The molecule has 0 saturated heterocycles. The van der Waals surface area contributed by atoms with Crippen LogP contribution in [0.2, 0.25) is 0 Å². The summed E-state index contributed by atoms with van der Waals surface area (Å²) in [5, 5.41) is 2.87. The molecule has 1 aromatic heterocycles. The number of carbonyl (C=O) groups excluding carboxylic acids is 1. The van der Waals surface area contributed by atoms with E-state index in [2.05, 4.69) is 10.3 Å². The second-order valence-electron chi connectivity index (χ2n) is 6.05. The lowest BCUT2D eigenvalue weighted by atomic mass is 9.97. The number of nitrogens with one attached hydrogen (secondary N) is 1. The van der Waals surface area contributed by atoms with E-state index in [4.69, 9.17) is 0 Å². The second-order valence-corrected chi connectivity index (χ2v) is 6.05. The molecule has 23 heavy (non-hydrogen) atoms. The number of hydrogen-bond donors (Lipinski definition) is 1. The van der Waals surface area contributed by atoms with Gasteiger partial charge in [0.15, 0.2) is 0 Å². The van der Waals surface area contributed by atoms with E-state index in [0.717, 1.165) is 48.2 Å². The molecule has 1 aliphatic carbocycles. The average Bonchev–Trinajstić information content (AvgIpc) is 2.54. The van der Waals surface area contributed by atoms with Crippen LogP contribution in [0.3, 0.4) is 0 Å². The molecule has 1 aliphatic rings. The van der Waals surface area contributed by atoms with E-state index in [1.165, 1.54) is 4.57 Å². The molecule has 3 rings (SSSR count). The van der Waals surface area contributed by atoms with Gasteiger partial charge < -0.3 is 5.32 Å². The highest BCUT2D eigenvalue weighted by Crippen LogP contribution is 2.17. The van der Waals surface area contributed by atoms with Crippen LogP contribution in [0, 0.1) is 13.8 Å². The first kappa shape index (κ1) is 15.5. The molecule has 0 atom stereocenters. The van der Waals surface area contributed by atoms with Gasteiger partial charge in [-0.1, -0.05) is 18.2 Å². The lowest BCUT2D eigenvalue weighted by Crippen LogP contribution is -2.34. The van der Waals surface area contributed by atoms with E-state index in [-0.39, 0.29) is 18.0 Å². The molecule has 1 N–H and O–H groups in total. The molecular formula is C18H21N3O2. The predicted molar refractivity (Wildman–Crippen MR) is 89.7 cm³/mol. The maximum Gasteiger partial charge on any atom is 0.257 e. The number of anilines is 1. The molecule has 1 amide bonds. The van der Waals surface area contributed by atoms with Crippen LogP contribution in [0.1, 0.15) is 35.5 Å². The summed E-state index contributed by atoms with van der Waals surface area (Å²) >= 11 is 0. The van der Waals surface area contributed by atoms with Gasteiger partial charge in [0, 0.05) is 11.3 Å². The second kappa shape index (κ2) is 6.36. The van der Waals surface area contributed by atoms with Crippen LogP contribution < -0.4 is 10.9 Å². The molecule has 0 fully saturated rings. The first-order chi connectivity index (χ1) is 11.1. The molecule has 1 aromatic carbocycles. The van der Waals surface area contributed by atoms with Crippen LogP contribution >= 0.6 is 0 Å². The predicted octanol–water partition coefficient (Wildman–Crippen LogP) is 2.38. The minimum atomic E-state index is -0.206. The minimum absolute atomic E-state index is 0.000713. The van der Waals surface area contributed by atoms with Crippen LogP contribution in [-0.4, -0.2) is 15.5 Å². The van der Waals surface area contributed by atoms with Gasteiger partial charge in [-0.3, -0.25) is 14.2 Å². The Bertz CT molecular complexity index is 808.